The molecule has 0 radical (unpaired) electrons. The maximum absolute atomic E-state index is 14.2. The molecule has 1 saturated carbocycles. The third-order valence-corrected chi connectivity index (χ3v) is 4.44. The second-order valence-electron chi connectivity index (χ2n) is 6.51. The molecule has 2 N–H and O–H groups in total. The van der Waals surface area contributed by atoms with Gasteiger partial charge in [0.1, 0.15) is 41.7 Å². The molecule has 0 saturated heterocycles. The van der Waals surface area contributed by atoms with E-state index in [1.807, 2.05) is 6.07 Å². The molecule has 0 unspecified atom stereocenters. The minimum Gasteiger partial charge on any atom is -0.367 e. The van der Waals surface area contributed by atoms with Gasteiger partial charge in [-0.2, -0.15) is 14.9 Å². The Hall–Kier alpha value is -4.00. The molecule has 0 atom stereocenters. The van der Waals surface area contributed by atoms with Crippen LogP contribution in [0, 0.1) is 17.1 Å². The SMILES string of the molecule is N#Cc1cnn2c(NC3CC3)cc(Nc3ccc(F)c(-n4cnnc4)c3)nc12. The molecule has 138 valence electrons. The number of benzene rings is 1. The highest BCUT2D eigenvalue weighted by Crippen LogP contribution is 2.28. The largest absolute Gasteiger partial charge is 0.367 e. The van der Waals surface area contributed by atoms with Crippen LogP contribution >= 0.6 is 0 Å². The van der Waals surface area contributed by atoms with E-state index in [0.29, 0.717) is 34.4 Å². The van der Waals surface area contributed by atoms with E-state index in [0.717, 1.165) is 18.7 Å². The highest BCUT2D eigenvalue weighted by atomic mass is 19.1. The summed E-state index contributed by atoms with van der Waals surface area (Å²) < 4.78 is 17.3. The van der Waals surface area contributed by atoms with Gasteiger partial charge in [-0.15, -0.1) is 10.2 Å². The van der Waals surface area contributed by atoms with E-state index in [-0.39, 0.29) is 0 Å². The van der Waals surface area contributed by atoms with Crippen molar-refractivity contribution in [3.63, 3.8) is 0 Å². The maximum atomic E-state index is 14.2. The quantitative estimate of drug-likeness (QED) is 0.552. The Balaban J connectivity index is 1.54. The summed E-state index contributed by atoms with van der Waals surface area (Å²) in [4.78, 5) is 4.51. The molecule has 3 aromatic heterocycles. The van der Waals surface area contributed by atoms with Crippen molar-refractivity contribution < 1.29 is 4.39 Å². The Morgan fingerprint density at radius 2 is 2.00 bits per heavy atom. The normalized spacial score (nSPS) is 13.4. The molecule has 5 rings (SSSR count). The Kier molecular flexibility index (Phi) is 3.65. The van der Waals surface area contributed by atoms with Crippen LogP contribution in [-0.4, -0.2) is 35.4 Å². The number of hydrogen-bond donors (Lipinski definition) is 2. The topological polar surface area (TPSA) is 109 Å². The van der Waals surface area contributed by atoms with Gasteiger partial charge in [0.25, 0.3) is 0 Å². The van der Waals surface area contributed by atoms with Crippen LogP contribution in [-0.2, 0) is 0 Å². The molecule has 10 heteroatoms. The predicted molar refractivity (Wildman–Crippen MR) is 98.9 cm³/mol. The number of rotatable bonds is 5. The van der Waals surface area contributed by atoms with Gasteiger partial charge < -0.3 is 10.6 Å². The summed E-state index contributed by atoms with van der Waals surface area (Å²) in [6.45, 7) is 0. The minimum atomic E-state index is -0.396. The van der Waals surface area contributed by atoms with Gasteiger partial charge in [-0.05, 0) is 31.0 Å². The fraction of sp³-hybridized carbons (Fsp3) is 0.167. The first-order valence-electron chi connectivity index (χ1n) is 8.68. The standard InChI is InChI=1S/C18H14FN9/c19-14-4-3-13(5-15(14)27-9-21-22-10-27)24-16-6-17(25-12-1-2-12)28-18(26-16)11(7-20)8-23-28/h3-6,8-10,12,25H,1-2H2,(H,24,26). The van der Waals surface area contributed by atoms with E-state index in [4.69, 9.17) is 0 Å². The van der Waals surface area contributed by atoms with Gasteiger partial charge in [0.15, 0.2) is 5.65 Å². The van der Waals surface area contributed by atoms with Crippen molar-refractivity contribution in [3.8, 4) is 11.8 Å². The number of nitrogens with zero attached hydrogens (tertiary/aromatic N) is 7. The van der Waals surface area contributed by atoms with Crippen molar-refractivity contribution in [1.29, 1.82) is 5.26 Å². The average Bonchev–Trinajstić information content (AvgIpc) is 3.18. The van der Waals surface area contributed by atoms with Gasteiger partial charge in [0.05, 0.1) is 11.9 Å². The smallest absolute Gasteiger partial charge is 0.177 e. The van der Waals surface area contributed by atoms with Gasteiger partial charge in [-0.1, -0.05) is 0 Å². The van der Waals surface area contributed by atoms with Gasteiger partial charge in [0.2, 0.25) is 0 Å². The summed E-state index contributed by atoms with van der Waals surface area (Å²) in [5, 5.41) is 27.6. The first-order chi connectivity index (χ1) is 13.7. The first kappa shape index (κ1) is 16.2. The number of aromatic nitrogens is 6. The molecule has 3 heterocycles. The van der Waals surface area contributed by atoms with Crippen molar-refractivity contribution in [1.82, 2.24) is 29.4 Å². The van der Waals surface area contributed by atoms with Crippen LogP contribution in [0.1, 0.15) is 18.4 Å². The Bertz CT molecular complexity index is 1200. The van der Waals surface area contributed by atoms with Crippen LogP contribution in [0.4, 0.5) is 21.7 Å². The van der Waals surface area contributed by atoms with Gasteiger partial charge in [-0.25, -0.2) is 9.37 Å². The van der Waals surface area contributed by atoms with Crippen molar-refractivity contribution in [2.75, 3.05) is 10.6 Å². The lowest BCUT2D eigenvalue weighted by atomic mass is 10.2. The molecular weight excluding hydrogens is 361 g/mol. The van der Waals surface area contributed by atoms with E-state index in [2.05, 4.69) is 37.0 Å². The van der Waals surface area contributed by atoms with Crippen LogP contribution in [0.5, 0.6) is 0 Å². The number of hydrogen-bond acceptors (Lipinski definition) is 7. The van der Waals surface area contributed by atoms with E-state index in [1.54, 1.807) is 16.6 Å². The van der Waals surface area contributed by atoms with Gasteiger partial charge in [-0.3, -0.25) is 4.57 Å². The second kappa shape index (κ2) is 6.31. The molecule has 0 aliphatic heterocycles. The van der Waals surface area contributed by atoms with Crippen LogP contribution in [0.2, 0.25) is 0 Å². The van der Waals surface area contributed by atoms with Crippen LogP contribution in [0.15, 0.2) is 43.1 Å². The lowest BCUT2D eigenvalue weighted by Crippen LogP contribution is -2.09. The fourth-order valence-corrected chi connectivity index (χ4v) is 2.91. The molecule has 1 aliphatic rings. The zero-order valence-corrected chi connectivity index (χ0v) is 14.5. The molecule has 1 aliphatic carbocycles. The van der Waals surface area contributed by atoms with E-state index < -0.39 is 5.82 Å². The van der Waals surface area contributed by atoms with Gasteiger partial charge in [0, 0.05) is 17.8 Å². The summed E-state index contributed by atoms with van der Waals surface area (Å²) >= 11 is 0. The Morgan fingerprint density at radius 3 is 2.75 bits per heavy atom. The number of fused-ring (bicyclic) bond motifs is 1. The monoisotopic (exact) mass is 375 g/mol. The zero-order valence-electron chi connectivity index (χ0n) is 14.5. The molecule has 1 fully saturated rings. The van der Waals surface area contributed by atoms with E-state index in [1.165, 1.54) is 29.5 Å². The van der Waals surface area contributed by atoms with Crippen LogP contribution < -0.4 is 10.6 Å². The van der Waals surface area contributed by atoms with Crippen molar-refractivity contribution in [2.45, 2.75) is 18.9 Å². The Morgan fingerprint density at radius 1 is 1.18 bits per heavy atom. The zero-order chi connectivity index (χ0) is 19.1. The highest BCUT2D eigenvalue weighted by Gasteiger charge is 2.23. The molecule has 0 amide bonds. The van der Waals surface area contributed by atoms with Crippen molar-refractivity contribution in [2.24, 2.45) is 0 Å². The molecular formula is C18H14FN9. The fourth-order valence-electron chi connectivity index (χ4n) is 2.91. The van der Waals surface area contributed by atoms with Crippen LogP contribution in [0.25, 0.3) is 11.3 Å². The summed E-state index contributed by atoms with van der Waals surface area (Å²) in [5.41, 5.74) is 1.79. The molecule has 28 heavy (non-hydrogen) atoms. The summed E-state index contributed by atoms with van der Waals surface area (Å²) in [6, 6.07) is 8.94. The number of halogens is 1. The third kappa shape index (κ3) is 2.88. The van der Waals surface area contributed by atoms with Crippen molar-refractivity contribution in [3.05, 3.63) is 54.5 Å². The summed E-state index contributed by atoms with van der Waals surface area (Å²) in [6.07, 6.45) is 6.54. The number of nitrogens with one attached hydrogen (secondary N) is 2. The molecule has 9 nitrogen and oxygen atoms in total. The lowest BCUT2D eigenvalue weighted by molar-refractivity contribution is 0.618. The number of nitriles is 1. The average molecular weight is 375 g/mol. The van der Waals surface area contributed by atoms with E-state index in [9.17, 15) is 9.65 Å². The molecule has 0 spiro atoms. The second-order valence-corrected chi connectivity index (χ2v) is 6.51. The van der Waals surface area contributed by atoms with Gasteiger partial charge >= 0.3 is 0 Å². The first-order valence-corrected chi connectivity index (χ1v) is 8.68. The molecule has 1 aromatic carbocycles. The highest BCUT2D eigenvalue weighted by molar-refractivity contribution is 5.68. The van der Waals surface area contributed by atoms with E-state index >= 15 is 0 Å². The molecule has 0 bridgehead atoms. The molecule has 4 aromatic rings. The predicted octanol–water partition coefficient (Wildman–Crippen LogP) is 2.64. The summed E-state index contributed by atoms with van der Waals surface area (Å²) in [7, 11) is 0. The Labute approximate surface area is 158 Å². The van der Waals surface area contributed by atoms with Crippen molar-refractivity contribution >= 4 is 23.0 Å². The van der Waals surface area contributed by atoms with Crippen LogP contribution in [0.3, 0.4) is 0 Å². The number of anilines is 3. The summed E-state index contributed by atoms with van der Waals surface area (Å²) in [5.74, 6) is 0.874. The minimum absolute atomic E-state index is 0.314. The third-order valence-electron chi connectivity index (χ3n) is 4.44. The maximum Gasteiger partial charge on any atom is 0.177 e. The lowest BCUT2D eigenvalue weighted by Gasteiger charge is -2.12.